The van der Waals surface area contributed by atoms with Crippen molar-refractivity contribution in [1.29, 1.82) is 5.26 Å². The lowest BCUT2D eigenvalue weighted by atomic mass is 9.89. The minimum atomic E-state index is 0.0818. The average molecular weight is 455 g/mol. The van der Waals surface area contributed by atoms with Gasteiger partial charge in [-0.25, -0.2) is 0 Å². The molecule has 0 bridgehead atoms. The van der Waals surface area contributed by atoms with Gasteiger partial charge in [-0.05, 0) is 74.6 Å². The maximum atomic E-state index is 13.3. The van der Waals surface area contributed by atoms with Gasteiger partial charge in [0.05, 0.1) is 11.6 Å². The molecule has 176 valence electrons. The van der Waals surface area contributed by atoms with Crippen LogP contribution in [0.3, 0.4) is 0 Å². The second kappa shape index (κ2) is 10.4. The molecule has 34 heavy (non-hydrogen) atoms. The molecule has 0 aliphatic carbocycles. The number of amides is 1. The van der Waals surface area contributed by atoms with Crippen molar-refractivity contribution in [2.24, 2.45) is 4.99 Å². The summed E-state index contributed by atoms with van der Waals surface area (Å²) in [7, 11) is 0. The summed E-state index contributed by atoms with van der Waals surface area (Å²) in [6, 6.07) is 14.5. The molecule has 0 aromatic heterocycles. The summed E-state index contributed by atoms with van der Waals surface area (Å²) in [6.45, 7) is 12.1. The largest absolute Gasteiger partial charge is 0.337 e. The molecular formula is C29H34N4O. The molecule has 0 spiro atoms. The van der Waals surface area contributed by atoms with Crippen molar-refractivity contribution in [2.45, 2.75) is 52.5 Å². The predicted molar refractivity (Wildman–Crippen MR) is 137 cm³/mol. The Kier molecular flexibility index (Phi) is 7.29. The molecule has 0 saturated carbocycles. The lowest BCUT2D eigenvalue weighted by Gasteiger charge is -2.40. The number of rotatable bonds is 5. The third-order valence-electron chi connectivity index (χ3n) is 7.07. The van der Waals surface area contributed by atoms with E-state index in [1.54, 1.807) is 0 Å². The molecule has 2 aromatic carbocycles. The maximum absolute atomic E-state index is 13.3. The lowest BCUT2D eigenvalue weighted by Crippen LogP contribution is -2.48. The summed E-state index contributed by atoms with van der Waals surface area (Å²) in [5.41, 5.74) is 6.87. The minimum Gasteiger partial charge on any atom is -0.337 e. The molecule has 2 heterocycles. The van der Waals surface area contributed by atoms with Gasteiger partial charge in [-0.3, -0.25) is 9.79 Å². The zero-order valence-electron chi connectivity index (χ0n) is 20.7. The zero-order chi connectivity index (χ0) is 24.2. The highest BCUT2D eigenvalue weighted by molar-refractivity contribution is 5.98. The third kappa shape index (κ3) is 5.29. The number of carbonyl (C=O) groups excluding carboxylic acids is 1. The first kappa shape index (κ1) is 23.9. The quantitative estimate of drug-likeness (QED) is 0.582. The molecule has 4 rings (SSSR count). The molecule has 1 fully saturated rings. The molecule has 5 heteroatoms. The number of benzene rings is 2. The van der Waals surface area contributed by atoms with Crippen molar-refractivity contribution < 1.29 is 4.79 Å². The van der Waals surface area contributed by atoms with E-state index in [1.165, 1.54) is 5.56 Å². The first-order valence-corrected chi connectivity index (χ1v) is 12.2. The van der Waals surface area contributed by atoms with Crippen LogP contribution in [0.4, 0.5) is 0 Å². The molecular weight excluding hydrogens is 420 g/mol. The fraction of sp³-hybridized carbons (Fsp3) is 0.414. The van der Waals surface area contributed by atoms with Crippen LogP contribution in [-0.2, 0) is 0 Å². The van der Waals surface area contributed by atoms with Gasteiger partial charge in [0, 0.05) is 62.0 Å². The zero-order valence-corrected chi connectivity index (χ0v) is 20.7. The number of hydrogen-bond donors (Lipinski definition) is 0. The molecule has 0 atom stereocenters. The normalized spacial score (nSPS) is 17.4. The number of hydrogen-bond acceptors (Lipinski definition) is 4. The summed E-state index contributed by atoms with van der Waals surface area (Å²) in [5, 5.41) is 8.98. The van der Waals surface area contributed by atoms with Gasteiger partial charge in [0.2, 0.25) is 0 Å². The van der Waals surface area contributed by atoms with Gasteiger partial charge in [-0.1, -0.05) is 24.3 Å². The smallest absolute Gasteiger partial charge is 0.254 e. The molecule has 5 nitrogen and oxygen atoms in total. The van der Waals surface area contributed by atoms with Crippen LogP contribution in [0.2, 0.25) is 0 Å². The van der Waals surface area contributed by atoms with Crippen molar-refractivity contribution in [3.8, 4) is 6.07 Å². The van der Waals surface area contributed by atoms with Gasteiger partial charge in [-0.2, -0.15) is 5.26 Å². The SMILES string of the molecule is Cc1cc(C)c(C(=O)N2CC(c3ccc(C#N)cc3)C2)cc1/C=N/C1=CCCN(C(C)C)CC1. The monoisotopic (exact) mass is 454 g/mol. The molecule has 2 aliphatic heterocycles. The molecule has 2 aromatic rings. The first-order chi connectivity index (χ1) is 16.4. The Labute approximate surface area is 203 Å². The fourth-order valence-corrected chi connectivity index (χ4v) is 4.75. The van der Waals surface area contributed by atoms with E-state index in [1.807, 2.05) is 48.4 Å². The maximum Gasteiger partial charge on any atom is 0.254 e. The van der Waals surface area contributed by atoms with Gasteiger partial charge >= 0.3 is 0 Å². The van der Waals surface area contributed by atoms with Gasteiger partial charge < -0.3 is 9.80 Å². The highest BCUT2D eigenvalue weighted by atomic mass is 16.2. The van der Waals surface area contributed by atoms with Gasteiger partial charge in [0.15, 0.2) is 0 Å². The van der Waals surface area contributed by atoms with Crippen molar-refractivity contribution in [3.63, 3.8) is 0 Å². The summed E-state index contributed by atoms with van der Waals surface area (Å²) < 4.78 is 0. The van der Waals surface area contributed by atoms with Gasteiger partial charge in [-0.15, -0.1) is 0 Å². The lowest BCUT2D eigenvalue weighted by molar-refractivity contribution is 0.0601. The molecule has 1 saturated heterocycles. The van der Waals surface area contributed by atoms with Crippen LogP contribution in [0.15, 0.2) is 53.2 Å². The van der Waals surface area contributed by atoms with Crippen molar-refractivity contribution in [1.82, 2.24) is 9.80 Å². The van der Waals surface area contributed by atoms with Crippen molar-refractivity contribution >= 4 is 12.1 Å². The van der Waals surface area contributed by atoms with Crippen LogP contribution in [-0.4, -0.2) is 54.1 Å². The number of carbonyl (C=O) groups is 1. The highest BCUT2D eigenvalue weighted by Crippen LogP contribution is 2.29. The second-order valence-corrected chi connectivity index (χ2v) is 9.79. The van der Waals surface area contributed by atoms with Crippen LogP contribution in [0.25, 0.3) is 0 Å². The number of aliphatic imine (C=N–C) groups is 1. The topological polar surface area (TPSA) is 59.7 Å². The van der Waals surface area contributed by atoms with E-state index in [9.17, 15) is 4.79 Å². The van der Waals surface area contributed by atoms with Crippen LogP contribution in [0, 0.1) is 25.2 Å². The van der Waals surface area contributed by atoms with Crippen molar-refractivity contribution in [2.75, 3.05) is 26.2 Å². The van der Waals surface area contributed by atoms with E-state index < -0.39 is 0 Å². The third-order valence-corrected chi connectivity index (χ3v) is 7.07. The molecule has 1 amide bonds. The first-order valence-electron chi connectivity index (χ1n) is 12.2. The Morgan fingerprint density at radius 1 is 1.12 bits per heavy atom. The van der Waals surface area contributed by atoms with E-state index in [0.717, 1.165) is 53.9 Å². The van der Waals surface area contributed by atoms with Crippen LogP contribution in [0.1, 0.15) is 70.8 Å². The fourth-order valence-electron chi connectivity index (χ4n) is 4.75. The summed E-state index contributed by atoms with van der Waals surface area (Å²) in [6.07, 6.45) is 6.16. The Hall–Kier alpha value is -3.23. The van der Waals surface area contributed by atoms with Crippen molar-refractivity contribution in [3.05, 3.63) is 81.6 Å². The Morgan fingerprint density at radius 3 is 2.53 bits per heavy atom. The summed E-state index contributed by atoms with van der Waals surface area (Å²) in [5.74, 6) is 0.411. The van der Waals surface area contributed by atoms with E-state index >= 15 is 0 Å². The predicted octanol–water partition coefficient (Wildman–Crippen LogP) is 5.22. The summed E-state index contributed by atoms with van der Waals surface area (Å²) >= 11 is 0. The van der Waals surface area contributed by atoms with Gasteiger partial charge in [0.1, 0.15) is 0 Å². The Bertz CT molecular complexity index is 1150. The minimum absolute atomic E-state index is 0.0818. The average Bonchev–Trinajstić information content (AvgIpc) is 3.04. The van der Waals surface area contributed by atoms with E-state index in [0.29, 0.717) is 30.6 Å². The number of nitriles is 1. The van der Waals surface area contributed by atoms with Gasteiger partial charge in [0.25, 0.3) is 5.91 Å². The van der Waals surface area contributed by atoms with E-state index in [-0.39, 0.29) is 5.91 Å². The Morgan fingerprint density at radius 2 is 1.85 bits per heavy atom. The van der Waals surface area contributed by atoms with Crippen LogP contribution >= 0.6 is 0 Å². The number of nitrogens with zero attached hydrogens (tertiary/aromatic N) is 4. The van der Waals surface area contributed by atoms with E-state index in [2.05, 4.69) is 43.9 Å². The summed E-state index contributed by atoms with van der Waals surface area (Å²) in [4.78, 5) is 22.5. The number of aryl methyl sites for hydroxylation is 2. The second-order valence-electron chi connectivity index (χ2n) is 9.79. The molecule has 2 aliphatic rings. The number of likely N-dealkylation sites (tertiary alicyclic amines) is 1. The Balaban J connectivity index is 1.43. The molecule has 0 unspecified atom stereocenters. The highest BCUT2D eigenvalue weighted by Gasteiger charge is 2.33. The van der Waals surface area contributed by atoms with E-state index in [4.69, 9.17) is 10.3 Å². The van der Waals surface area contributed by atoms with Crippen LogP contribution in [0.5, 0.6) is 0 Å². The standard InChI is InChI=1S/C29H34N4O/c1-20(2)32-12-5-6-27(11-13-32)31-17-25-15-28(22(4)14-21(25)3)29(34)33-18-26(19-33)24-9-7-23(16-30)8-10-24/h6-10,14-15,17,20,26H,5,11-13,18-19H2,1-4H3/b31-17+. The molecule has 0 radical (unpaired) electrons. The van der Waals surface area contributed by atoms with Crippen LogP contribution < -0.4 is 0 Å². The molecule has 0 N–H and O–H groups in total.